The Morgan fingerprint density at radius 3 is 2.94 bits per heavy atom. The summed E-state index contributed by atoms with van der Waals surface area (Å²) in [6, 6.07) is 0. The molecule has 2 aliphatic rings. The fourth-order valence-corrected chi connectivity index (χ4v) is 1.32. The second-order valence-corrected chi connectivity index (χ2v) is 3.49. The lowest BCUT2D eigenvalue weighted by molar-refractivity contribution is 0.663. The van der Waals surface area contributed by atoms with Crippen molar-refractivity contribution in [3.05, 3.63) is 47.9 Å². The van der Waals surface area contributed by atoms with Crippen LogP contribution in [0.2, 0.25) is 0 Å². The molecule has 1 aliphatic heterocycles. The summed E-state index contributed by atoms with van der Waals surface area (Å²) in [5.74, 6) is 5.63. The van der Waals surface area contributed by atoms with Crippen LogP contribution in [0.15, 0.2) is 58.1 Å². The van der Waals surface area contributed by atoms with Crippen LogP contribution in [0, 0.1) is 11.8 Å². The Labute approximate surface area is 99.6 Å². The first-order chi connectivity index (χ1) is 8.34. The smallest absolute Gasteiger partial charge is 0.135 e. The van der Waals surface area contributed by atoms with Gasteiger partial charge in [0.1, 0.15) is 11.5 Å². The Hall–Kier alpha value is -2.21. The van der Waals surface area contributed by atoms with Gasteiger partial charge in [-0.2, -0.15) is 5.10 Å². The van der Waals surface area contributed by atoms with Gasteiger partial charge in [0.25, 0.3) is 0 Å². The molecular formula is C14H11FN2. The van der Waals surface area contributed by atoms with E-state index in [1.807, 2.05) is 18.2 Å². The first kappa shape index (κ1) is 11.3. The van der Waals surface area contributed by atoms with Gasteiger partial charge in [-0.05, 0) is 36.6 Å². The van der Waals surface area contributed by atoms with E-state index >= 15 is 0 Å². The minimum absolute atomic E-state index is 0.227. The van der Waals surface area contributed by atoms with Gasteiger partial charge in [-0.25, -0.2) is 4.39 Å². The van der Waals surface area contributed by atoms with Crippen molar-refractivity contribution in [1.82, 2.24) is 0 Å². The number of nitrogens with zero attached hydrogens (tertiary/aromatic N) is 2. The number of halogens is 1. The average Bonchev–Trinajstić information content (AvgIpc) is 2.69. The lowest BCUT2D eigenvalue weighted by Gasteiger charge is -1.87. The third-order valence-corrected chi connectivity index (χ3v) is 2.17. The summed E-state index contributed by atoms with van der Waals surface area (Å²) in [5.41, 5.74) is 1.41. The highest BCUT2D eigenvalue weighted by Gasteiger charge is 1.95. The molecule has 0 unspecified atom stereocenters. The zero-order valence-corrected chi connectivity index (χ0v) is 9.23. The largest absolute Gasteiger partial charge is 0.207 e. The Kier molecular flexibility index (Phi) is 3.82. The van der Waals surface area contributed by atoms with Gasteiger partial charge in [0, 0.05) is 18.2 Å². The molecule has 3 heteroatoms. The summed E-state index contributed by atoms with van der Waals surface area (Å²) >= 11 is 0. The number of rotatable bonds is 0. The highest BCUT2D eigenvalue weighted by molar-refractivity contribution is 6.09. The van der Waals surface area contributed by atoms with Crippen molar-refractivity contribution in [3.63, 3.8) is 0 Å². The molecule has 0 radical (unpaired) electrons. The fourth-order valence-electron chi connectivity index (χ4n) is 1.32. The van der Waals surface area contributed by atoms with Crippen LogP contribution in [-0.4, -0.2) is 11.9 Å². The minimum Gasteiger partial charge on any atom is -0.207 e. The van der Waals surface area contributed by atoms with Crippen LogP contribution in [0.3, 0.4) is 0 Å². The van der Waals surface area contributed by atoms with Crippen molar-refractivity contribution in [3.8, 4) is 11.8 Å². The lowest BCUT2D eigenvalue weighted by atomic mass is 10.2. The third kappa shape index (κ3) is 3.69. The summed E-state index contributed by atoms with van der Waals surface area (Å²) in [6.45, 7) is 0. The van der Waals surface area contributed by atoms with Crippen molar-refractivity contribution >= 4 is 11.9 Å². The first-order valence-corrected chi connectivity index (χ1v) is 5.36. The fraction of sp³-hybridized carbons (Fsp3) is 0.143. The van der Waals surface area contributed by atoms with Gasteiger partial charge in [-0.3, -0.25) is 0 Å². The van der Waals surface area contributed by atoms with Crippen LogP contribution in [-0.2, 0) is 0 Å². The SMILES string of the molecule is FC1=CCC=C(C#CC2=NN=CCC=C2)C=C1. The van der Waals surface area contributed by atoms with Gasteiger partial charge in [0.15, 0.2) is 0 Å². The molecule has 0 aromatic carbocycles. The molecule has 0 spiro atoms. The monoisotopic (exact) mass is 226 g/mol. The Bertz CT molecular complexity index is 534. The maximum Gasteiger partial charge on any atom is 0.135 e. The summed E-state index contributed by atoms with van der Waals surface area (Å²) < 4.78 is 12.9. The molecule has 2 nitrogen and oxygen atoms in total. The van der Waals surface area contributed by atoms with E-state index in [4.69, 9.17) is 0 Å². The molecule has 17 heavy (non-hydrogen) atoms. The molecule has 0 atom stereocenters. The molecule has 0 aromatic heterocycles. The van der Waals surface area contributed by atoms with Gasteiger partial charge in [-0.1, -0.05) is 18.1 Å². The van der Waals surface area contributed by atoms with Crippen molar-refractivity contribution in [1.29, 1.82) is 0 Å². The standard InChI is InChI=1S/C14H11FN2/c15-13-5-3-4-12(7-9-13)8-10-14-6-1-2-11-16-17-14/h1,4-7,9,11H,2-3H2. The minimum atomic E-state index is -0.227. The maximum absolute atomic E-state index is 12.9. The van der Waals surface area contributed by atoms with Crippen LogP contribution in [0.4, 0.5) is 4.39 Å². The van der Waals surface area contributed by atoms with Crippen LogP contribution < -0.4 is 0 Å². The van der Waals surface area contributed by atoms with E-state index in [0.717, 1.165) is 12.0 Å². The Morgan fingerprint density at radius 2 is 2.00 bits per heavy atom. The van der Waals surface area contributed by atoms with Gasteiger partial charge >= 0.3 is 0 Å². The average molecular weight is 226 g/mol. The lowest BCUT2D eigenvalue weighted by Crippen LogP contribution is -1.86. The highest BCUT2D eigenvalue weighted by atomic mass is 19.1. The van der Waals surface area contributed by atoms with Gasteiger partial charge < -0.3 is 0 Å². The quantitative estimate of drug-likeness (QED) is 0.567. The summed E-state index contributed by atoms with van der Waals surface area (Å²) in [5, 5.41) is 7.77. The summed E-state index contributed by atoms with van der Waals surface area (Å²) in [7, 11) is 0. The molecule has 0 aromatic rings. The van der Waals surface area contributed by atoms with E-state index in [1.165, 1.54) is 12.2 Å². The van der Waals surface area contributed by atoms with Crippen molar-refractivity contribution in [2.75, 3.05) is 0 Å². The third-order valence-electron chi connectivity index (χ3n) is 2.17. The van der Waals surface area contributed by atoms with Crippen molar-refractivity contribution in [2.24, 2.45) is 10.2 Å². The Morgan fingerprint density at radius 1 is 1.06 bits per heavy atom. The number of hydrogen-bond acceptors (Lipinski definition) is 2. The number of allylic oxidation sites excluding steroid dienone is 8. The molecule has 0 saturated carbocycles. The van der Waals surface area contributed by atoms with E-state index in [1.54, 1.807) is 12.3 Å². The second kappa shape index (κ2) is 5.76. The molecule has 1 aliphatic carbocycles. The van der Waals surface area contributed by atoms with Gasteiger partial charge in [0.2, 0.25) is 0 Å². The zero-order chi connectivity index (χ0) is 11.9. The highest BCUT2D eigenvalue weighted by Crippen LogP contribution is 2.10. The van der Waals surface area contributed by atoms with E-state index in [9.17, 15) is 4.39 Å². The van der Waals surface area contributed by atoms with E-state index in [0.29, 0.717) is 12.1 Å². The first-order valence-electron chi connectivity index (χ1n) is 5.36. The predicted molar refractivity (Wildman–Crippen MR) is 68.5 cm³/mol. The second-order valence-electron chi connectivity index (χ2n) is 3.49. The topological polar surface area (TPSA) is 24.7 Å². The summed E-state index contributed by atoms with van der Waals surface area (Å²) in [6.07, 6.45) is 13.3. The maximum atomic E-state index is 12.9. The van der Waals surface area contributed by atoms with Crippen molar-refractivity contribution in [2.45, 2.75) is 12.8 Å². The van der Waals surface area contributed by atoms with Crippen molar-refractivity contribution < 1.29 is 4.39 Å². The summed E-state index contributed by atoms with van der Waals surface area (Å²) in [4.78, 5) is 0. The van der Waals surface area contributed by atoms with Crippen LogP contribution in [0.5, 0.6) is 0 Å². The predicted octanol–water partition coefficient (Wildman–Crippen LogP) is 3.12. The molecule has 1 heterocycles. The van der Waals surface area contributed by atoms with E-state index in [2.05, 4.69) is 22.0 Å². The molecule has 0 saturated heterocycles. The molecular weight excluding hydrogens is 215 g/mol. The molecule has 0 fully saturated rings. The molecule has 0 N–H and O–H groups in total. The molecule has 84 valence electrons. The number of hydrogen-bond donors (Lipinski definition) is 0. The van der Waals surface area contributed by atoms with Crippen LogP contribution >= 0.6 is 0 Å². The normalized spacial score (nSPS) is 18.3. The van der Waals surface area contributed by atoms with E-state index < -0.39 is 0 Å². The molecule has 0 amide bonds. The van der Waals surface area contributed by atoms with Gasteiger partial charge in [0.05, 0.1) is 0 Å². The molecule has 2 rings (SSSR count). The van der Waals surface area contributed by atoms with Crippen LogP contribution in [0.1, 0.15) is 12.8 Å². The molecule has 0 bridgehead atoms. The van der Waals surface area contributed by atoms with E-state index in [-0.39, 0.29) is 5.83 Å². The van der Waals surface area contributed by atoms with Gasteiger partial charge in [-0.15, -0.1) is 5.10 Å². The van der Waals surface area contributed by atoms with Crippen LogP contribution in [0.25, 0.3) is 0 Å². The zero-order valence-electron chi connectivity index (χ0n) is 9.23. The Balaban J connectivity index is 2.12.